The number of nitrogens with zero attached hydrogens (tertiary/aromatic N) is 1. The standard InChI is InChI=1S/C20H22N2S2/c1-23-17-8-6-15(7-9-17)20(22-12-10-21-11-13-22)19-14-16-4-2-3-5-18(16)24-19/h2-9,14,20-21H,10-13H2,1H3. The molecular formula is C20H22N2S2. The molecule has 1 fully saturated rings. The number of thioether (sulfide) groups is 1. The number of thiophene rings is 1. The van der Waals surface area contributed by atoms with Crippen molar-refractivity contribution in [1.82, 2.24) is 10.2 Å². The Morgan fingerprint density at radius 1 is 1.04 bits per heavy atom. The zero-order valence-corrected chi connectivity index (χ0v) is 15.5. The first-order chi connectivity index (χ1) is 11.8. The molecule has 0 spiro atoms. The molecule has 24 heavy (non-hydrogen) atoms. The average Bonchev–Trinajstić information content (AvgIpc) is 3.07. The summed E-state index contributed by atoms with van der Waals surface area (Å²) in [5.41, 5.74) is 1.40. The van der Waals surface area contributed by atoms with Crippen LogP contribution in [0.4, 0.5) is 0 Å². The van der Waals surface area contributed by atoms with Crippen molar-refractivity contribution in [2.24, 2.45) is 0 Å². The second-order valence-corrected chi connectivity index (χ2v) is 8.14. The third-order valence-corrected chi connectivity index (χ3v) is 6.57. The van der Waals surface area contributed by atoms with E-state index in [9.17, 15) is 0 Å². The van der Waals surface area contributed by atoms with Crippen LogP contribution in [-0.2, 0) is 0 Å². The van der Waals surface area contributed by atoms with E-state index in [1.807, 2.05) is 11.3 Å². The SMILES string of the molecule is CSc1ccc(C(c2cc3ccccc3s2)N2CCNCC2)cc1. The van der Waals surface area contributed by atoms with Crippen molar-refractivity contribution in [2.45, 2.75) is 10.9 Å². The van der Waals surface area contributed by atoms with E-state index in [-0.39, 0.29) is 0 Å². The number of fused-ring (bicyclic) bond motifs is 1. The van der Waals surface area contributed by atoms with Crippen LogP contribution < -0.4 is 5.32 Å². The summed E-state index contributed by atoms with van der Waals surface area (Å²) in [4.78, 5) is 5.40. The molecule has 1 saturated heterocycles. The first kappa shape index (κ1) is 16.2. The van der Waals surface area contributed by atoms with Crippen molar-refractivity contribution in [3.63, 3.8) is 0 Å². The van der Waals surface area contributed by atoms with E-state index in [0.717, 1.165) is 26.2 Å². The predicted molar refractivity (Wildman–Crippen MR) is 106 cm³/mol. The molecule has 1 aliphatic heterocycles. The summed E-state index contributed by atoms with van der Waals surface area (Å²) in [6.45, 7) is 4.35. The van der Waals surface area contributed by atoms with E-state index in [0.29, 0.717) is 6.04 Å². The van der Waals surface area contributed by atoms with E-state index in [4.69, 9.17) is 0 Å². The Balaban J connectivity index is 1.76. The number of nitrogens with one attached hydrogen (secondary N) is 1. The molecule has 1 atom stereocenters. The Morgan fingerprint density at radius 3 is 2.50 bits per heavy atom. The molecule has 4 heteroatoms. The fraction of sp³-hybridized carbons (Fsp3) is 0.300. The molecule has 2 aromatic carbocycles. The zero-order valence-electron chi connectivity index (χ0n) is 13.9. The maximum Gasteiger partial charge on any atom is 0.0697 e. The number of piperazine rings is 1. The first-order valence-electron chi connectivity index (χ1n) is 8.42. The maximum atomic E-state index is 3.48. The highest BCUT2D eigenvalue weighted by Crippen LogP contribution is 2.37. The van der Waals surface area contributed by atoms with Gasteiger partial charge in [-0.25, -0.2) is 0 Å². The molecule has 1 aliphatic rings. The van der Waals surface area contributed by atoms with Crippen molar-refractivity contribution < 1.29 is 0 Å². The number of rotatable bonds is 4. The second kappa shape index (κ2) is 7.28. The maximum absolute atomic E-state index is 3.48. The van der Waals surface area contributed by atoms with Crippen molar-refractivity contribution in [2.75, 3.05) is 32.4 Å². The summed E-state index contributed by atoms with van der Waals surface area (Å²) in [6, 6.07) is 20.6. The molecule has 1 unspecified atom stereocenters. The smallest absolute Gasteiger partial charge is 0.0697 e. The molecule has 0 bridgehead atoms. The zero-order chi connectivity index (χ0) is 16.4. The van der Waals surface area contributed by atoms with Gasteiger partial charge in [-0.3, -0.25) is 4.90 Å². The Morgan fingerprint density at radius 2 is 1.79 bits per heavy atom. The predicted octanol–water partition coefficient (Wildman–Crippen LogP) is 4.62. The van der Waals surface area contributed by atoms with E-state index >= 15 is 0 Å². The van der Waals surface area contributed by atoms with Gasteiger partial charge in [0.1, 0.15) is 0 Å². The minimum Gasteiger partial charge on any atom is -0.314 e. The molecule has 2 nitrogen and oxygen atoms in total. The Hall–Kier alpha value is -1.33. The molecule has 3 aromatic rings. The summed E-state index contributed by atoms with van der Waals surface area (Å²) < 4.78 is 1.38. The van der Waals surface area contributed by atoms with Crippen LogP contribution >= 0.6 is 23.1 Å². The lowest BCUT2D eigenvalue weighted by atomic mass is 10.0. The number of hydrogen-bond donors (Lipinski definition) is 1. The molecule has 124 valence electrons. The van der Waals surface area contributed by atoms with Gasteiger partial charge in [-0.05, 0) is 41.5 Å². The van der Waals surface area contributed by atoms with Gasteiger partial charge in [0, 0.05) is 40.7 Å². The van der Waals surface area contributed by atoms with E-state index < -0.39 is 0 Å². The molecule has 0 radical (unpaired) electrons. The number of benzene rings is 2. The molecule has 0 saturated carbocycles. The molecule has 0 aliphatic carbocycles. The molecule has 1 aromatic heterocycles. The third-order valence-electron chi connectivity index (χ3n) is 4.66. The highest BCUT2D eigenvalue weighted by atomic mass is 32.2. The topological polar surface area (TPSA) is 15.3 Å². The quantitative estimate of drug-likeness (QED) is 0.688. The average molecular weight is 355 g/mol. The van der Waals surface area contributed by atoms with Gasteiger partial charge in [0.2, 0.25) is 0 Å². The van der Waals surface area contributed by atoms with Gasteiger partial charge in [0.15, 0.2) is 0 Å². The largest absolute Gasteiger partial charge is 0.314 e. The van der Waals surface area contributed by atoms with Crippen molar-refractivity contribution in [3.8, 4) is 0 Å². The van der Waals surface area contributed by atoms with Crippen LogP contribution in [0, 0.1) is 0 Å². The monoisotopic (exact) mass is 354 g/mol. The molecular weight excluding hydrogens is 332 g/mol. The van der Waals surface area contributed by atoms with E-state index in [2.05, 4.69) is 71.1 Å². The van der Waals surface area contributed by atoms with Crippen molar-refractivity contribution in [1.29, 1.82) is 0 Å². The second-order valence-electron chi connectivity index (χ2n) is 6.15. The Labute approximate surface area is 151 Å². The van der Waals surface area contributed by atoms with Gasteiger partial charge in [-0.15, -0.1) is 23.1 Å². The fourth-order valence-corrected chi connectivity index (χ4v) is 5.06. The highest BCUT2D eigenvalue weighted by molar-refractivity contribution is 7.98. The Kier molecular flexibility index (Phi) is 4.90. The van der Waals surface area contributed by atoms with Crippen molar-refractivity contribution in [3.05, 3.63) is 65.0 Å². The fourth-order valence-electron chi connectivity index (χ4n) is 3.42. The Bertz CT molecular complexity index is 771. The van der Waals surface area contributed by atoms with Gasteiger partial charge < -0.3 is 5.32 Å². The minimum atomic E-state index is 0.361. The first-order valence-corrected chi connectivity index (χ1v) is 10.5. The normalized spacial score (nSPS) is 17.2. The van der Waals surface area contributed by atoms with Crippen LogP contribution in [0.5, 0.6) is 0 Å². The van der Waals surface area contributed by atoms with Crippen LogP contribution in [0.25, 0.3) is 10.1 Å². The summed E-state index contributed by atoms with van der Waals surface area (Å²) >= 11 is 3.74. The number of hydrogen-bond acceptors (Lipinski definition) is 4. The van der Waals surface area contributed by atoms with Crippen LogP contribution in [0.1, 0.15) is 16.5 Å². The van der Waals surface area contributed by atoms with Crippen LogP contribution in [0.15, 0.2) is 59.5 Å². The summed E-state index contributed by atoms with van der Waals surface area (Å²) in [7, 11) is 0. The lowest BCUT2D eigenvalue weighted by Gasteiger charge is -2.34. The van der Waals surface area contributed by atoms with Gasteiger partial charge in [0.25, 0.3) is 0 Å². The highest BCUT2D eigenvalue weighted by Gasteiger charge is 2.25. The lowest BCUT2D eigenvalue weighted by Crippen LogP contribution is -2.45. The molecule has 2 heterocycles. The molecule has 1 N–H and O–H groups in total. The van der Waals surface area contributed by atoms with Gasteiger partial charge in [-0.2, -0.15) is 0 Å². The molecule has 0 amide bonds. The minimum absolute atomic E-state index is 0.361. The van der Waals surface area contributed by atoms with Crippen LogP contribution in [-0.4, -0.2) is 37.3 Å². The molecule has 4 rings (SSSR count). The third kappa shape index (κ3) is 3.24. The van der Waals surface area contributed by atoms with Gasteiger partial charge in [0.05, 0.1) is 6.04 Å². The lowest BCUT2D eigenvalue weighted by molar-refractivity contribution is 0.200. The summed E-state index contributed by atoms with van der Waals surface area (Å²) in [6.07, 6.45) is 2.13. The van der Waals surface area contributed by atoms with Crippen molar-refractivity contribution >= 4 is 33.2 Å². The van der Waals surface area contributed by atoms with E-state index in [1.54, 1.807) is 11.8 Å². The van der Waals surface area contributed by atoms with Gasteiger partial charge in [-0.1, -0.05) is 30.3 Å². The van der Waals surface area contributed by atoms with Gasteiger partial charge >= 0.3 is 0 Å². The van der Waals surface area contributed by atoms with E-state index in [1.165, 1.54) is 25.4 Å². The summed E-state index contributed by atoms with van der Waals surface area (Å²) in [5.74, 6) is 0. The summed E-state index contributed by atoms with van der Waals surface area (Å²) in [5, 5.41) is 4.84. The van der Waals surface area contributed by atoms with Crippen LogP contribution in [0.2, 0.25) is 0 Å². The van der Waals surface area contributed by atoms with Crippen LogP contribution in [0.3, 0.4) is 0 Å².